The number of hydrogen-bond donors (Lipinski definition) is 2. The molecule has 1 heterocycles. The van der Waals surface area contributed by atoms with Crippen LogP contribution in [-0.4, -0.2) is 26.7 Å². The first kappa shape index (κ1) is 6.01. The van der Waals surface area contributed by atoms with E-state index in [-0.39, 0.29) is 0 Å². The summed E-state index contributed by atoms with van der Waals surface area (Å²) in [7, 11) is 1.86. The van der Waals surface area contributed by atoms with Crippen molar-refractivity contribution < 1.29 is 4.74 Å². The van der Waals surface area contributed by atoms with Crippen molar-refractivity contribution in [2.45, 2.75) is 0 Å². The number of nitrogens with one attached hydrogen (secondary N) is 2. The minimum absolute atomic E-state index is 0.788. The van der Waals surface area contributed by atoms with Crippen LogP contribution in [0.5, 0.6) is 0 Å². The lowest BCUT2D eigenvalue weighted by Crippen LogP contribution is -2.39. The molecule has 0 unspecified atom stereocenters. The lowest BCUT2D eigenvalue weighted by atomic mass is 10.4. The van der Waals surface area contributed by atoms with Crippen molar-refractivity contribution >= 4 is 0 Å². The van der Waals surface area contributed by atoms with Crippen LogP contribution in [0.4, 0.5) is 0 Å². The van der Waals surface area contributed by atoms with Crippen molar-refractivity contribution in [2.75, 3.05) is 26.7 Å². The SMILES string of the molecule is CN[C]1CNCCO1. The smallest absolute Gasteiger partial charge is 0.175 e. The minimum atomic E-state index is 0.788. The van der Waals surface area contributed by atoms with E-state index >= 15 is 0 Å². The molecule has 0 aromatic heterocycles. The van der Waals surface area contributed by atoms with Crippen molar-refractivity contribution in [2.24, 2.45) is 0 Å². The van der Waals surface area contributed by atoms with Gasteiger partial charge in [-0.1, -0.05) is 0 Å². The molecule has 0 bridgehead atoms. The van der Waals surface area contributed by atoms with Crippen LogP contribution in [-0.2, 0) is 4.74 Å². The first-order valence-electron chi connectivity index (χ1n) is 2.80. The molecule has 0 saturated carbocycles. The van der Waals surface area contributed by atoms with Gasteiger partial charge in [-0.3, -0.25) is 5.32 Å². The van der Waals surface area contributed by atoms with Crippen molar-refractivity contribution in [1.29, 1.82) is 0 Å². The van der Waals surface area contributed by atoms with Gasteiger partial charge in [0.15, 0.2) is 6.23 Å². The van der Waals surface area contributed by atoms with Crippen LogP contribution in [0.15, 0.2) is 0 Å². The number of rotatable bonds is 1. The van der Waals surface area contributed by atoms with Crippen LogP contribution < -0.4 is 10.6 Å². The lowest BCUT2D eigenvalue weighted by Gasteiger charge is -2.20. The lowest BCUT2D eigenvalue weighted by molar-refractivity contribution is 0.0954. The molecule has 1 fully saturated rings. The number of likely N-dealkylation sites (N-methyl/N-ethyl adjacent to an activating group) is 1. The maximum Gasteiger partial charge on any atom is 0.175 e. The van der Waals surface area contributed by atoms with Crippen LogP contribution in [0.2, 0.25) is 0 Å². The van der Waals surface area contributed by atoms with Crippen LogP contribution in [0.1, 0.15) is 0 Å². The predicted molar refractivity (Wildman–Crippen MR) is 31.1 cm³/mol. The average molecular weight is 115 g/mol. The Morgan fingerprint density at radius 1 is 1.75 bits per heavy atom. The fourth-order valence-electron chi connectivity index (χ4n) is 0.660. The third-order valence-electron chi connectivity index (χ3n) is 1.12. The Labute approximate surface area is 49.4 Å². The van der Waals surface area contributed by atoms with Crippen molar-refractivity contribution in [3.8, 4) is 0 Å². The highest BCUT2D eigenvalue weighted by molar-refractivity contribution is 4.79. The third kappa shape index (κ3) is 1.43. The zero-order valence-corrected chi connectivity index (χ0v) is 5.03. The van der Waals surface area contributed by atoms with Gasteiger partial charge in [-0.15, -0.1) is 0 Å². The molecule has 0 amide bonds. The van der Waals surface area contributed by atoms with Crippen molar-refractivity contribution in [3.63, 3.8) is 0 Å². The summed E-state index contributed by atoms with van der Waals surface area (Å²) in [5.74, 6) is 0. The zero-order valence-electron chi connectivity index (χ0n) is 5.03. The Bertz CT molecular complexity index is 61.4. The van der Waals surface area contributed by atoms with E-state index in [9.17, 15) is 0 Å². The number of morpholine rings is 1. The van der Waals surface area contributed by atoms with E-state index in [0.717, 1.165) is 25.9 Å². The summed E-state index contributed by atoms with van der Waals surface area (Å²) in [6.45, 7) is 2.60. The molecule has 3 heteroatoms. The standard InChI is InChI=1S/C5H11N2O/c1-6-5-4-7-2-3-8-5/h6-7H,2-4H2,1H3. The van der Waals surface area contributed by atoms with Gasteiger partial charge in [-0.05, 0) is 7.05 Å². The summed E-state index contributed by atoms with van der Waals surface area (Å²) in [5, 5.41) is 6.10. The van der Waals surface area contributed by atoms with E-state index in [1.807, 2.05) is 7.05 Å². The summed E-state index contributed by atoms with van der Waals surface area (Å²) in [6.07, 6.45) is 0.941. The average Bonchev–Trinajstić information content (AvgIpc) is 1.90. The molecule has 3 nitrogen and oxygen atoms in total. The first-order chi connectivity index (χ1) is 3.93. The van der Waals surface area contributed by atoms with Crippen molar-refractivity contribution in [3.05, 3.63) is 6.23 Å². The number of ether oxygens (including phenoxy) is 1. The Kier molecular flexibility index (Phi) is 2.27. The van der Waals surface area contributed by atoms with Gasteiger partial charge in [0.25, 0.3) is 0 Å². The molecule has 8 heavy (non-hydrogen) atoms. The van der Waals surface area contributed by atoms with Crippen LogP contribution in [0, 0.1) is 6.23 Å². The highest BCUT2D eigenvalue weighted by Crippen LogP contribution is 1.96. The summed E-state index contributed by atoms with van der Waals surface area (Å²) >= 11 is 0. The maximum absolute atomic E-state index is 5.17. The zero-order chi connectivity index (χ0) is 5.82. The van der Waals surface area contributed by atoms with Crippen LogP contribution >= 0.6 is 0 Å². The van der Waals surface area contributed by atoms with Gasteiger partial charge >= 0.3 is 0 Å². The number of hydrogen-bond acceptors (Lipinski definition) is 3. The fourth-order valence-corrected chi connectivity index (χ4v) is 0.660. The Morgan fingerprint density at radius 3 is 3.00 bits per heavy atom. The summed E-state index contributed by atoms with van der Waals surface area (Å²) < 4.78 is 5.17. The van der Waals surface area contributed by atoms with E-state index in [4.69, 9.17) is 4.74 Å². The molecular weight excluding hydrogens is 104 g/mol. The molecule has 1 aliphatic heterocycles. The van der Waals surface area contributed by atoms with E-state index in [1.165, 1.54) is 0 Å². The topological polar surface area (TPSA) is 33.3 Å². The molecule has 2 N–H and O–H groups in total. The quantitative estimate of drug-likeness (QED) is 0.475. The van der Waals surface area contributed by atoms with Gasteiger partial charge in [0.1, 0.15) is 0 Å². The summed E-state index contributed by atoms with van der Waals surface area (Å²) in [6, 6.07) is 0. The largest absolute Gasteiger partial charge is 0.353 e. The predicted octanol–water partition coefficient (Wildman–Crippen LogP) is -0.685. The van der Waals surface area contributed by atoms with Crippen molar-refractivity contribution in [1.82, 2.24) is 10.6 Å². The maximum atomic E-state index is 5.17. The molecular formula is C5H11N2O. The highest BCUT2D eigenvalue weighted by atomic mass is 16.5. The molecule has 1 rings (SSSR count). The van der Waals surface area contributed by atoms with Gasteiger partial charge in [-0.2, -0.15) is 0 Å². The monoisotopic (exact) mass is 115 g/mol. The fraction of sp³-hybridized carbons (Fsp3) is 0.800. The van der Waals surface area contributed by atoms with Gasteiger partial charge in [0, 0.05) is 13.1 Å². The first-order valence-corrected chi connectivity index (χ1v) is 2.80. The molecule has 1 aliphatic rings. The Balaban J connectivity index is 2.13. The van der Waals surface area contributed by atoms with Gasteiger partial charge < -0.3 is 10.1 Å². The molecule has 0 atom stereocenters. The minimum Gasteiger partial charge on any atom is -0.353 e. The molecule has 0 aromatic carbocycles. The van der Waals surface area contributed by atoms with Gasteiger partial charge in [0.2, 0.25) is 0 Å². The Hall–Kier alpha value is -0.120. The van der Waals surface area contributed by atoms with Gasteiger partial charge in [-0.25, -0.2) is 0 Å². The van der Waals surface area contributed by atoms with E-state index in [1.54, 1.807) is 0 Å². The second kappa shape index (κ2) is 3.02. The second-order valence-electron chi connectivity index (χ2n) is 1.70. The molecule has 0 spiro atoms. The van der Waals surface area contributed by atoms with E-state index < -0.39 is 0 Å². The molecule has 47 valence electrons. The summed E-state index contributed by atoms with van der Waals surface area (Å²) in [5.41, 5.74) is 0. The molecule has 0 aromatic rings. The molecule has 1 saturated heterocycles. The Morgan fingerprint density at radius 2 is 2.62 bits per heavy atom. The second-order valence-corrected chi connectivity index (χ2v) is 1.70. The summed E-state index contributed by atoms with van der Waals surface area (Å²) in [4.78, 5) is 0. The third-order valence-corrected chi connectivity index (χ3v) is 1.12. The molecule has 1 radical (unpaired) electrons. The van der Waals surface area contributed by atoms with Crippen LogP contribution in [0.3, 0.4) is 0 Å². The van der Waals surface area contributed by atoms with E-state index in [2.05, 4.69) is 10.6 Å². The van der Waals surface area contributed by atoms with E-state index in [0.29, 0.717) is 0 Å². The highest BCUT2D eigenvalue weighted by Gasteiger charge is 2.10. The van der Waals surface area contributed by atoms with Gasteiger partial charge in [0.05, 0.1) is 6.61 Å². The molecule has 0 aliphatic carbocycles. The van der Waals surface area contributed by atoms with Crippen LogP contribution in [0.25, 0.3) is 0 Å². The normalized spacial score (nSPS) is 23.6.